The Morgan fingerprint density at radius 1 is 1.60 bits per heavy atom. The maximum Gasteiger partial charge on any atom is 0.358 e. The number of nitrogens with zero attached hydrogens (tertiary/aromatic N) is 3. The van der Waals surface area contributed by atoms with Gasteiger partial charge in [0.05, 0.1) is 24.9 Å². The summed E-state index contributed by atoms with van der Waals surface area (Å²) in [6.07, 6.45) is 0.160. The normalized spacial score (nSPS) is 10.9. The van der Waals surface area contributed by atoms with Gasteiger partial charge in [0.15, 0.2) is 5.69 Å². The van der Waals surface area contributed by atoms with E-state index in [0.717, 1.165) is 0 Å². The number of aromatic nitrogens is 3. The minimum atomic E-state index is -1.05. The summed E-state index contributed by atoms with van der Waals surface area (Å²) < 4.78 is 6.87. The van der Waals surface area contributed by atoms with Crippen LogP contribution in [0.5, 0.6) is 0 Å². The smallest absolute Gasteiger partial charge is 0.358 e. The molecule has 0 aromatic carbocycles. The minimum Gasteiger partial charge on any atom is -0.476 e. The summed E-state index contributed by atoms with van der Waals surface area (Å²) >= 11 is 0. The van der Waals surface area contributed by atoms with Crippen molar-refractivity contribution in [2.24, 2.45) is 0 Å². The van der Waals surface area contributed by atoms with Crippen molar-refractivity contribution in [1.82, 2.24) is 15.0 Å². The third-order valence-electron chi connectivity index (χ3n) is 1.94. The molecule has 84 valence electrons. The predicted molar refractivity (Wildman–Crippen MR) is 52.8 cm³/mol. The molecule has 15 heavy (non-hydrogen) atoms. The Bertz CT molecular complexity index is 346. The standard InChI is InChI=1S/C9H15N3O3/c1-6(2)15-5-4-12-7(3)8(9(13)14)10-11-12/h6H,4-5H2,1-3H3,(H,13,14). The van der Waals surface area contributed by atoms with Crippen LogP contribution in [-0.2, 0) is 11.3 Å². The average Bonchev–Trinajstić information content (AvgIpc) is 2.47. The lowest BCUT2D eigenvalue weighted by atomic mass is 10.3. The minimum absolute atomic E-state index is 0.000420. The molecule has 1 aromatic heterocycles. The Kier molecular flexibility index (Phi) is 3.79. The van der Waals surface area contributed by atoms with Crippen molar-refractivity contribution >= 4 is 5.97 Å². The van der Waals surface area contributed by atoms with Gasteiger partial charge in [-0.05, 0) is 20.8 Å². The fourth-order valence-corrected chi connectivity index (χ4v) is 1.15. The fourth-order valence-electron chi connectivity index (χ4n) is 1.15. The van der Waals surface area contributed by atoms with Crippen molar-refractivity contribution in [2.75, 3.05) is 6.61 Å². The Morgan fingerprint density at radius 3 is 2.73 bits per heavy atom. The molecule has 0 aliphatic rings. The van der Waals surface area contributed by atoms with Crippen molar-refractivity contribution in [3.63, 3.8) is 0 Å². The molecule has 0 radical (unpaired) electrons. The maximum atomic E-state index is 10.7. The zero-order chi connectivity index (χ0) is 11.4. The molecule has 0 fully saturated rings. The summed E-state index contributed by atoms with van der Waals surface area (Å²) in [6.45, 7) is 6.58. The third-order valence-corrected chi connectivity index (χ3v) is 1.94. The van der Waals surface area contributed by atoms with Crippen LogP contribution in [0.4, 0.5) is 0 Å². The van der Waals surface area contributed by atoms with E-state index in [-0.39, 0.29) is 11.8 Å². The molecule has 0 aliphatic heterocycles. The van der Waals surface area contributed by atoms with Gasteiger partial charge in [0.1, 0.15) is 0 Å². The largest absolute Gasteiger partial charge is 0.476 e. The van der Waals surface area contributed by atoms with Gasteiger partial charge in [-0.1, -0.05) is 5.21 Å². The van der Waals surface area contributed by atoms with Crippen LogP contribution >= 0.6 is 0 Å². The van der Waals surface area contributed by atoms with Gasteiger partial charge < -0.3 is 9.84 Å². The van der Waals surface area contributed by atoms with Crippen LogP contribution in [0.3, 0.4) is 0 Å². The third kappa shape index (κ3) is 3.02. The molecule has 0 unspecified atom stereocenters. The molecule has 0 spiro atoms. The van der Waals surface area contributed by atoms with Crippen LogP contribution in [0.2, 0.25) is 0 Å². The van der Waals surface area contributed by atoms with E-state index in [0.29, 0.717) is 18.8 Å². The highest BCUT2D eigenvalue weighted by Gasteiger charge is 2.14. The molecule has 0 saturated carbocycles. The Labute approximate surface area is 87.9 Å². The second-order valence-electron chi connectivity index (χ2n) is 3.47. The average molecular weight is 213 g/mol. The number of carbonyl (C=O) groups is 1. The molecule has 1 rings (SSSR count). The highest BCUT2D eigenvalue weighted by Crippen LogP contribution is 2.03. The lowest BCUT2D eigenvalue weighted by Crippen LogP contribution is -2.13. The first kappa shape index (κ1) is 11.6. The second kappa shape index (κ2) is 4.88. The van der Waals surface area contributed by atoms with Crippen LogP contribution < -0.4 is 0 Å². The molecule has 1 N–H and O–H groups in total. The van der Waals surface area contributed by atoms with E-state index in [4.69, 9.17) is 9.84 Å². The SMILES string of the molecule is Cc1c(C(=O)O)nnn1CCOC(C)C. The molecule has 0 aliphatic carbocycles. The number of hydrogen-bond donors (Lipinski definition) is 1. The molecule has 0 saturated heterocycles. The van der Waals surface area contributed by atoms with Crippen molar-refractivity contribution in [3.05, 3.63) is 11.4 Å². The van der Waals surface area contributed by atoms with Crippen molar-refractivity contribution < 1.29 is 14.6 Å². The summed E-state index contributed by atoms with van der Waals surface area (Å²) in [4.78, 5) is 10.7. The van der Waals surface area contributed by atoms with Crippen LogP contribution in [0.15, 0.2) is 0 Å². The van der Waals surface area contributed by atoms with Crippen molar-refractivity contribution in [3.8, 4) is 0 Å². The van der Waals surface area contributed by atoms with E-state index in [1.54, 1.807) is 6.92 Å². The second-order valence-corrected chi connectivity index (χ2v) is 3.47. The highest BCUT2D eigenvalue weighted by molar-refractivity contribution is 5.86. The van der Waals surface area contributed by atoms with Crippen LogP contribution in [-0.4, -0.2) is 38.8 Å². The molecule has 0 atom stereocenters. The molecular weight excluding hydrogens is 198 g/mol. The van der Waals surface area contributed by atoms with E-state index in [2.05, 4.69) is 10.3 Å². The zero-order valence-electron chi connectivity index (χ0n) is 9.10. The lowest BCUT2D eigenvalue weighted by Gasteiger charge is -2.07. The van der Waals surface area contributed by atoms with Gasteiger partial charge >= 0.3 is 5.97 Å². The molecule has 6 nitrogen and oxygen atoms in total. The van der Waals surface area contributed by atoms with Crippen molar-refractivity contribution in [2.45, 2.75) is 33.4 Å². The monoisotopic (exact) mass is 213 g/mol. The first-order valence-electron chi connectivity index (χ1n) is 4.77. The quantitative estimate of drug-likeness (QED) is 0.779. The topological polar surface area (TPSA) is 77.2 Å². The van der Waals surface area contributed by atoms with Gasteiger partial charge in [-0.25, -0.2) is 9.48 Å². The summed E-state index contributed by atoms with van der Waals surface area (Å²) in [5.74, 6) is -1.05. The Morgan fingerprint density at radius 2 is 2.27 bits per heavy atom. The first-order valence-corrected chi connectivity index (χ1v) is 4.77. The van der Waals surface area contributed by atoms with Crippen LogP contribution in [0, 0.1) is 6.92 Å². The molecule has 1 aromatic rings. The van der Waals surface area contributed by atoms with Gasteiger partial charge in [-0.15, -0.1) is 5.10 Å². The summed E-state index contributed by atoms with van der Waals surface area (Å²) in [6, 6.07) is 0. The lowest BCUT2D eigenvalue weighted by molar-refractivity contribution is 0.0682. The maximum absolute atomic E-state index is 10.7. The first-order chi connectivity index (χ1) is 7.02. The van der Waals surface area contributed by atoms with Gasteiger partial charge in [0.25, 0.3) is 0 Å². The number of hydrogen-bond acceptors (Lipinski definition) is 4. The zero-order valence-corrected chi connectivity index (χ0v) is 9.10. The summed E-state index contributed by atoms with van der Waals surface area (Å²) in [5.41, 5.74) is 0.550. The van der Waals surface area contributed by atoms with Gasteiger partial charge in [0, 0.05) is 0 Å². The van der Waals surface area contributed by atoms with Crippen LogP contribution in [0.25, 0.3) is 0 Å². The Hall–Kier alpha value is -1.43. The molecule has 6 heteroatoms. The van der Waals surface area contributed by atoms with E-state index < -0.39 is 5.97 Å². The van der Waals surface area contributed by atoms with Gasteiger partial charge in [-0.2, -0.15) is 0 Å². The van der Waals surface area contributed by atoms with E-state index in [9.17, 15) is 4.79 Å². The number of ether oxygens (including phenoxy) is 1. The summed E-state index contributed by atoms with van der Waals surface area (Å²) in [7, 11) is 0. The van der Waals surface area contributed by atoms with Gasteiger partial charge in [-0.3, -0.25) is 0 Å². The highest BCUT2D eigenvalue weighted by atomic mass is 16.5. The Balaban J connectivity index is 2.59. The predicted octanol–water partition coefficient (Wildman–Crippen LogP) is 0.710. The number of carboxylic acids is 1. The fraction of sp³-hybridized carbons (Fsp3) is 0.667. The van der Waals surface area contributed by atoms with E-state index >= 15 is 0 Å². The van der Waals surface area contributed by atoms with Crippen molar-refractivity contribution in [1.29, 1.82) is 0 Å². The van der Waals surface area contributed by atoms with Gasteiger partial charge in [0.2, 0.25) is 0 Å². The van der Waals surface area contributed by atoms with E-state index in [1.807, 2.05) is 13.8 Å². The number of rotatable bonds is 5. The molecular formula is C9H15N3O3. The molecule has 1 heterocycles. The molecule has 0 bridgehead atoms. The van der Waals surface area contributed by atoms with E-state index in [1.165, 1.54) is 4.68 Å². The molecule has 0 amide bonds. The number of aromatic carboxylic acids is 1. The number of carboxylic acid groups (broad SMARTS) is 1. The van der Waals surface area contributed by atoms with Crippen LogP contribution in [0.1, 0.15) is 30.0 Å². The summed E-state index contributed by atoms with van der Waals surface area (Å²) in [5, 5.41) is 16.1.